The maximum absolute atomic E-state index is 11.4. The first kappa shape index (κ1) is 18.9. The highest BCUT2D eigenvalue weighted by Gasteiger charge is 2.15. The SMILES string of the molecule is CC(C)(C)OC(=O)NCCC#Cc1ccc(CC(=O)O)c(Cl)c1. The summed E-state index contributed by atoms with van der Waals surface area (Å²) in [6, 6.07) is 5.01. The van der Waals surface area contributed by atoms with Crippen LogP contribution in [0.1, 0.15) is 38.3 Å². The fourth-order valence-corrected chi connectivity index (χ4v) is 1.88. The van der Waals surface area contributed by atoms with Crippen molar-refractivity contribution in [3.63, 3.8) is 0 Å². The van der Waals surface area contributed by atoms with Gasteiger partial charge < -0.3 is 15.2 Å². The number of carboxylic acid groups (broad SMARTS) is 1. The first-order valence-electron chi connectivity index (χ1n) is 7.13. The Bertz CT molecular complexity index is 638. The van der Waals surface area contributed by atoms with Crippen molar-refractivity contribution >= 4 is 23.7 Å². The molecule has 23 heavy (non-hydrogen) atoms. The number of amides is 1. The summed E-state index contributed by atoms with van der Waals surface area (Å²) in [5, 5.41) is 11.7. The van der Waals surface area contributed by atoms with E-state index < -0.39 is 17.7 Å². The lowest BCUT2D eigenvalue weighted by Gasteiger charge is -2.19. The van der Waals surface area contributed by atoms with Gasteiger partial charge in [-0.2, -0.15) is 0 Å². The van der Waals surface area contributed by atoms with Crippen molar-refractivity contribution in [2.24, 2.45) is 0 Å². The van der Waals surface area contributed by atoms with Gasteiger partial charge in [0.05, 0.1) is 6.42 Å². The molecular formula is C17H20ClNO4. The van der Waals surface area contributed by atoms with Crippen LogP contribution < -0.4 is 5.32 Å². The lowest BCUT2D eigenvalue weighted by atomic mass is 10.1. The second kappa shape index (κ2) is 8.44. The zero-order valence-corrected chi connectivity index (χ0v) is 14.2. The molecule has 124 valence electrons. The van der Waals surface area contributed by atoms with E-state index in [0.717, 1.165) is 0 Å². The van der Waals surface area contributed by atoms with Gasteiger partial charge in [-0.25, -0.2) is 4.79 Å². The van der Waals surface area contributed by atoms with Gasteiger partial charge in [0.15, 0.2) is 0 Å². The molecule has 1 rings (SSSR count). The molecule has 1 amide bonds. The van der Waals surface area contributed by atoms with Crippen molar-refractivity contribution in [3.05, 3.63) is 34.3 Å². The predicted octanol–water partition coefficient (Wildman–Crippen LogP) is 3.23. The van der Waals surface area contributed by atoms with Gasteiger partial charge in [0.2, 0.25) is 0 Å². The van der Waals surface area contributed by atoms with Crippen molar-refractivity contribution in [2.45, 2.75) is 39.2 Å². The molecule has 0 unspecified atom stereocenters. The molecule has 0 heterocycles. The Kier molecular flexibility index (Phi) is 6.92. The Labute approximate surface area is 141 Å². The molecule has 6 heteroatoms. The summed E-state index contributed by atoms with van der Waals surface area (Å²) in [7, 11) is 0. The summed E-state index contributed by atoms with van der Waals surface area (Å²) in [6.07, 6.45) is -0.125. The van der Waals surface area contributed by atoms with Crippen LogP contribution >= 0.6 is 11.6 Å². The Hall–Kier alpha value is -2.19. The summed E-state index contributed by atoms with van der Waals surface area (Å²) in [4.78, 5) is 22.1. The van der Waals surface area contributed by atoms with Crippen LogP contribution in [0.5, 0.6) is 0 Å². The minimum atomic E-state index is -0.932. The minimum absolute atomic E-state index is 0.119. The fourth-order valence-electron chi connectivity index (χ4n) is 1.64. The monoisotopic (exact) mass is 337 g/mol. The highest BCUT2D eigenvalue weighted by atomic mass is 35.5. The van der Waals surface area contributed by atoms with Crippen LogP contribution in [0.3, 0.4) is 0 Å². The molecule has 1 aromatic rings. The molecule has 2 N–H and O–H groups in total. The zero-order chi connectivity index (χ0) is 17.5. The number of alkyl carbamates (subject to hydrolysis) is 1. The standard InChI is InChI=1S/C17H20ClNO4/c1-17(2,3)23-16(22)19-9-5-4-6-12-7-8-13(11-15(20)21)14(18)10-12/h7-8,10H,5,9,11H2,1-3H3,(H,19,22)(H,20,21). The van der Waals surface area contributed by atoms with E-state index in [0.29, 0.717) is 29.1 Å². The lowest BCUT2D eigenvalue weighted by molar-refractivity contribution is -0.136. The van der Waals surface area contributed by atoms with Crippen molar-refractivity contribution in [1.82, 2.24) is 5.32 Å². The van der Waals surface area contributed by atoms with Gasteiger partial charge in [0, 0.05) is 23.6 Å². The number of ether oxygens (including phenoxy) is 1. The Morgan fingerprint density at radius 1 is 1.35 bits per heavy atom. The average molecular weight is 338 g/mol. The van der Waals surface area contributed by atoms with Crippen LogP contribution in [0.4, 0.5) is 4.79 Å². The van der Waals surface area contributed by atoms with Gasteiger partial charge in [0.25, 0.3) is 0 Å². The summed E-state index contributed by atoms with van der Waals surface area (Å²) in [6.45, 7) is 5.77. The van der Waals surface area contributed by atoms with Crippen LogP contribution in [0, 0.1) is 11.8 Å². The third-order valence-electron chi connectivity index (χ3n) is 2.55. The van der Waals surface area contributed by atoms with Gasteiger partial charge in [-0.1, -0.05) is 29.5 Å². The number of benzene rings is 1. The molecular weight excluding hydrogens is 318 g/mol. The highest BCUT2D eigenvalue weighted by molar-refractivity contribution is 6.31. The maximum Gasteiger partial charge on any atom is 0.407 e. The lowest BCUT2D eigenvalue weighted by Crippen LogP contribution is -2.32. The van der Waals surface area contributed by atoms with Crippen molar-refractivity contribution in [2.75, 3.05) is 6.54 Å². The van der Waals surface area contributed by atoms with E-state index >= 15 is 0 Å². The Balaban J connectivity index is 2.46. The number of aliphatic carboxylic acids is 1. The predicted molar refractivity (Wildman–Crippen MR) is 88.5 cm³/mol. The van der Waals surface area contributed by atoms with Crippen molar-refractivity contribution in [3.8, 4) is 11.8 Å². The number of hydrogen-bond acceptors (Lipinski definition) is 3. The van der Waals surface area contributed by atoms with E-state index in [1.54, 1.807) is 39.0 Å². The summed E-state index contributed by atoms with van der Waals surface area (Å²) >= 11 is 6.01. The zero-order valence-electron chi connectivity index (χ0n) is 13.4. The van der Waals surface area contributed by atoms with Gasteiger partial charge >= 0.3 is 12.1 Å². The van der Waals surface area contributed by atoms with Crippen LogP contribution in [-0.4, -0.2) is 29.3 Å². The van der Waals surface area contributed by atoms with Crippen LogP contribution in [0.15, 0.2) is 18.2 Å². The quantitative estimate of drug-likeness (QED) is 0.653. The van der Waals surface area contributed by atoms with Crippen LogP contribution in [-0.2, 0) is 16.0 Å². The molecule has 5 nitrogen and oxygen atoms in total. The molecule has 1 aromatic carbocycles. The first-order valence-corrected chi connectivity index (χ1v) is 7.51. The van der Waals surface area contributed by atoms with Gasteiger partial charge in [-0.05, 0) is 38.5 Å². The van der Waals surface area contributed by atoms with E-state index in [9.17, 15) is 9.59 Å². The molecule has 0 bridgehead atoms. The molecule has 0 spiro atoms. The molecule has 0 aromatic heterocycles. The number of rotatable bonds is 4. The van der Waals surface area contributed by atoms with E-state index in [2.05, 4.69) is 17.2 Å². The first-order chi connectivity index (χ1) is 10.7. The van der Waals surface area contributed by atoms with Gasteiger partial charge in [0.1, 0.15) is 5.60 Å². The topological polar surface area (TPSA) is 75.6 Å². The summed E-state index contributed by atoms with van der Waals surface area (Å²) in [5.74, 6) is 4.89. The van der Waals surface area contributed by atoms with Gasteiger partial charge in [-0.3, -0.25) is 4.79 Å². The molecule has 0 fully saturated rings. The number of halogens is 1. The highest BCUT2D eigenvalue weighted by Crippen LogP contribution is 2.18. The number of carboxylic acids is 1. The third-order valence-corrected chi connectivity index (χ3v) is 2.90. The molecule has 0 saturated carbocycles. The van der Waals surface area contributed by atoms with E-state index in [1.807, 2.05) is 0 Å². The van der Waals surface area contributed by atoms with E-state index in [4.69, 9.17) is 21.4 Å². The molecule has 0 aliphatic carbocycles. The maximum atomic E-state index is 11.4. The molecule has 0 aliphatic heterocycles. The number of hydrogen-bond donors (Lipinski definition) is 2. The number of carbonyl (C=O) groups is 2. The van der Waals surface area contributed by atoms with Crippen molar-refractivity contribution in [1.29, 1.82) is 0 Å². The molecule has 0 radical (unpaired) electrons. The van der Waals surface area contributed by atoms with Gasteiger partial charge in [-0.15, -0.1) is 0 Å². The second-order valence-corrected chi connectivity index (χ2v) is 6.26. The largest absolute Gasteiger partial charge is 0.481 e. The van der Waals surface area contributed by atoms with E-state index in [-0.39, 0.29) is 6.42 Å². The van der Waals surface area contributed by atoms with E-state index in [1.165, 1.54) is 0 Å². The number of carbonyl (C=O) groups excluding carboxylic acids is 1. The third kappa shape index (κ3) is 8.12. The molecule has 0 saturated heterocycles. The summed E-state index contributed by atoms with van der Waals surface area (Å²) in [5.41, 5.74) is 0.724. The Morgan fingerprint density at radius 2 is 2.04 bits per heavy atom. The molecule has 0 aliphatic rings. The minimum Gasteiger partial charge on any atom is -0.481 e. The van der Waals surface area contributed by atoms with Crippen LogP contribution in [0.25, 0.3) is 0 Å². The Morgan fingerprint density at radius 3 is 2.61 bits per heavy atom. The van der Waals surface area contributed by atoms with Crippen molar-refractivity contribution < 1.29 is 19.4 Å². The molecule has 0 atom stereocenters. The average Bonchev–Trinajstić information content (AvgIpc) is 2.39. The summed E-state index contributed by atoms with van der Waals surface area (Å²) < 4.78 is 5.10. The van der Waals surface area contributed by atoms with Crippen LogP contribution in [0.2, 0.25) is 5.02 Å². The second-order valence-electron chi connectivity index (χ2n) is 5.86. The smallest absolute Gasteiger partial charge is 0.407 e. The number of nitrogens with one attached hydrogen (secondary N) is 1. The normalized spacial score (nSPS) is 10.4. The fraction of sp³-hybridized carbons (Fsp3) is 0.412.